The topological polar surface area (TPSA) is 121 Å². The first-order chi connectivity index (χ1) is 14.6. The van der Waals surface area contributed by atoms with Gasteiger partial charge in [0.15, 0.2) is 6.33 Å². The van der Waals surface area contributed by atoms with Crippen molar-refractivity contribution in [2.75, 3.05) is 53.5 Å². The second-order valence-corrected chi connectivity index (χ2v) is 6.44. The van der Waals surface area contributed by atoms with Crippen LogP contribution >= 0.6 is 11.6 Å². The van der Waals surface area contributed by atoms with Crippen molar-refractivity contribution in [3.8, 4) is 0 Å². The fourth-order valence-corrected chi connectivity index (χ4v) is 2.82. The molecule has 0 aliphatic rings. The van der Waals surface area contributed by atoms with Gasteiger partial charge in [0.05, 0.1) is 52.2 Å². The lowest BCUT2D eigenvalue weighted by Gasteiger charge is -2.29. The van der Waals surface area contributed by atoms with Gasteiger partial charge in [0.1, 0.15) is 6.73 Å². The van der Waals surface area contributed by atoms with Crippen LogP contribution in [0.1, 0.15) is 11.6 Å². The number of carbonyl (C=O) groups is 1. The molecule has 0 aliphatic carbocycles. The summed E-state index contributed by atoms with van der Waals surface area (Å²) < 4.78 is 21.1. The zero-order chi connectivity index (χ0) is 21.6. The summed E-state index contributed by atoms with van der Waals surface area (Å²) in [6, 6.07) is 6.34. The highest BCUT2D eigenvalue weighted by Crippen LogP contribution is 2.28. The quantitative estimate of drug-likeness (QED) is 0.323. The van der Waals surface area contributed by atoms with Gasteiger partial charge in [-0.25, -0.2) is 4.79 Å². The maximum atomic E-state index is 11.9. The third-order valence-electron chi connectivity index (χ3n) is 4.02. The zero-order valence-corrected chi connectivity index (χ0v) is 17.5. The van der Waals surface area contributed by atoms with E-state index in [-0.39, 0.29) is 19.9 Å². The molecule has 2 rings (SSSR count). The van der Waals surface area contributed by atoms with Crippen LogP contribution in [0.15, 0.2) is 30.6 Å². The van der Waals surface area contributed by atoms with E-state index in [9.17, 15) is 9.90 Å². The van der Waals surface area contributed by atoms with Crippen molar-refractivity contribution < 1.29 is 28.8 Å². The highest BCUT2D eigenvalue weighted by atomic mass is 35.5. The largest absolute Gasteiger partial charge is 0.465 e. The third kappa shape index (κ3) is 8.20. The minimum absolute atomic E-state index is 0.134. The summed E-state index contributed by atoms with van der Waals surface area (Å²) >= 11 is 6.31. The van der Waals surface area contributed by atoms with Crippen molar-refractivity contribution in [1.82, 2.24) is 25.1 Å². The number of aromatic nitrogens is 4. The predicted octanol–water partition coefficient (Wildman–Crippen LogP) is 1.70. The van der Waals surface area contributed by atoms with E-state index in [1.165, 1.54) is 11.1 Å². The monoisotopic (exact) mass is 443 g/mol. The number of nitrogens with zero attached hydrogens (tertiary/aromatic N) is 5. The standard InChI is InChI=1S/C18H26ClN5O6/c1-27-6-7-28-8-9-29-10-11-30-14-23(18(25)26)17(12-24-21-13-20-22-24)15-4-2-3-5-16(15)19/h2-5,13,17H,6-12,14H2,1H3,(H,25,26). The molecule has 11 nitrogen and oxygen atoms in total. The van der Waals surface area contributed by atoms with Gasteiger partial charge >= 0.3 is 6.09 Å². The van der Waals surface area contributed by atoms with E-state index < -0.39 is 12.1 Å². The van der Waals surface area contributed by atoms with Crippen LogP contribution in [0.3, 0.4) is 0 Å². The summed E-state index contributed by atoms with van der Waals surface area (Å²) in [4.78, 5) is 14.4. The summed E-state index contributed by atoms with van der Waals surface area (Å²) in [7, 11) is 1.61. The molecule has 0 saturated heterocycles. The van der Waals surface area contributed by atoms with Gasteiger partial charge in [-0.2, -0.15) is 4.80 Å². The SMILES string of the molecule is COCCOCCOCCOCN(C(=O)O)C(Cn1ncnn1)c1ccccc1Cl. The third-order valence-corrected chi connectivity index (χ3v) is 4.36. The Balaban J connectivity index is 1.87. The summed E-state index contributed by atoms with van der Waals surface area (Å²) in [5.74, 6) is 0. The van der Waals surface area contributed by atoms with Gasteiger partial charge in [-0.05, 0) is 16.8 Å². The summed E-state index contributed by atoms with van der Waals surface area (Å²) in [5.41, 5.74) is 0.618. The molecule has 1 atom stereocenters. The van der Waals surface area contributed by atoms with Crippen molar-refractivity contribution in [2.45, 2.75) is 12.6 Å². The number of rotatable bonds is 15. The molecule has 30 heavy (non-hydrogen) atoms. The Bertz CT molecular complexity index is 736. The second kappa shape index (κ2) is 13.8. The molecular formula is C18H26ClN5O6. The molecule has 0 radical (unpaired) electrons. The maximum absolute atomic E-state index is 11.9. The normalized spacial score (nSPS) is 12.1. The van der Waals surface area contributed by atoms with Gasteiger partial charge in [-0.15, -0.1) is 10.2 Å². The highest BCUT2D eigenvalue weighted by molar-refractivity contribution is 6.31. The molecule has 1 aromatic carbocycles. The van der Waals surface area contributed by atoms with Crippen LogP contribution in [0.2, 0.25) is 5.02 Å². The summed E-state index contributed by atoms with van der Waals surface area (Å²) in [6.07, 6.45) is 0.120. The van der Waals surface area contributed by atoms with Crippen LogP contribution in [0, 0.1) is 0 Å². The van der Waals surface area contributed by atoms with Crippen molar-refractivity contribution in [3.63, 3.8) is 0 Å². The van der Waals surface area contributed by atoms with Crippen molar-refractivity contribution in [1.29, 1.82) is 0 Å². The molecule has 0 fully saturated rings. The lowest BCUT2D eigenvalue weighted by Crippen LogP contribution is -2.38. The molecule has 1 aromatic heterocycles. The van der Waals surface area contributed by atoms with E-state index >= 15 is 0 Å². The molecule has 166 valence electrons. The predicted molar refractivity (Wildman–Crippen MR) is 106 cm³/mol. The van der Waals surface area contributed by atoms with E-state index in [1.54, 1.807) is 31.4 Å². The van der Waals surface area contributed by atoms with E-state index in [4.69, 9.17) is 30.5 Å². The number of amides is 1. The first kappa shape index (κ1) is 24.0. The number of hydrogen-bond donors (Lipinski definition) is 1. The van der Waals surface area contributed by atoms with Crippen LogP contribution in [-0.4, -0.2) is 89.8 Å². The van der Waals surface area contributed by atoms with Gasteiger partial charge in [0.2, 0.25) is 0 Å². The molecule has 1 unspecified atom stereocenters. The number of methoxy groups -OCH3 is 1. The Morgan fingerprint density at radius 1 is 1.13 bits per heavy atom. The van der Waals surface area contributed by atoms with Crippen LogP contribution in [0.5, 0.6) is 0 Å². The molecule has 0 bridgehead atoms. The molecule has 2 aromatic rings. The van der Waals surface area contributed by atoms with Gasteiger partial charge in [0, 0.05) is 12.1 Å². The van der Waals surface area contributed by atoms with Crippen molar-refractivity contribution >= 4 is 17.7 Å². The molecule has 1 amide bonds. The maximum Gasteiger partial charge on any atom is 0.409 e. The summed E-state index contributed by atoms with van der Waals surface area (Å²) in [6.45, 7) is 2.39. The minimum atomic E-state index is -1.16. The minimum Gasteiger partial charge on any atom is -0.465 e. The van der Waals surface area contributed by atoms with E-state index in [1.807, 2.05) is 0 Å². The number of ether oxygens (including phenoxy) is 4. The zero-order valence-electron chi connectivity index (χ0n) is 16.7. The van der Waals surface area contributed by atoms with Gasteiger partial charge in [-0.1, -0.05) is 29.8 Å². The molecule has 12 heteroatoms. The number of tetrazole rings is 1. The molecular weight excluding hydrogens is 418 g/mol. The van der Waals surface area contributed by atoms with Crippen molar-refractivity contribution in [2.24, 2.45) is 0 Å². The van der Waals surface area contributed by atoms with Crippen LogP contribution in [0.4, 0.5) is 4.79 Å². The Labute approximate surface area is 179 Å². The first-order valence-corrected chi connectivity index (χ1v) is 9.68. The number of benzene rings is 1. The lowest BCUT2D eigenvalue weighted by molar-refractivity contribution is -0.0287. The fraction of sp³-hybridized carbons (Fsp3) is 0.556. The average Bonchev–Trinajstić information content (AvgIpc) is 3.24. The second-order valence-electron chi connectivity index (χ2n) is 6.04. The smallest absolute Gasteiger partial charge is 0.409 e. The Morgan fingerprint density at radius 2 is 1.80 bits per heavy atom. The van der Waals surface area contributed by atoms with E-state index in [2.05, 4.69) is 15.4 Å². The van der Waals surface area contributed by atoms with E-state index in [0.717, 1.165) is 4.90 Å². The molecule has 0 spiro atoms. The highest BCUT2D eigenvalue weighted by Gasteiger charge is 2.28. The van der Waals surface area contributed by atoms with Crippen LogP contribution in [0.25, 0.3) is 0 Å². The Morgan fingerprint density at radius 3 is 2.40 bits per heavy atom. The molecule has 1 heterocycles. The van der Waals surface area contributed by atoms with Crippen LogP contribution in [-0.2, 0) is 25.5 Å². The molecule has 0 saturated carbocycles. The Kier molecular flexibility index (Phi) is 11.0. The number of halogens is 1. The fourth-order valence-electron chi connectivity index (χ4n) is 2.56. The number of hydrogen-bond acceptors (Lipinski definition) is 8. The average molecular weight is 444 g/mol. The molecule has 1 N–H and O–H groups in total. The van der Waals surface area contributed by atoms with Gasteiger partial charge < -0.3 is 24.1 Å². The van der Waals surface area contributed by atoms with Crippen molar-refractivity contribution in [3.05, 3.63) is 41.2 Å². The van der Waals surface area contributed by atoms with Gasteiger partial charge in [-0.3, -0.25) is 4.90 Å². The molecule has 0 aliphatic heterocycles. The first-order valence-electron chi connectivity index (χ1n) is 9.30. The Hall–Kier alpha value is -2.31. The lowest BCUT2D eigenvalue weighted by atomic mass is 10.1. The van der Waals surface area contributed by atoms with Crippen LogP contribution < -0.4 is 0 Å². The van der Waals surface area contributed by atoms with E-state index in [0.29, 0.717) is 43.6 Å². The number of carboxylic acid groups (broad SMARTS) is 1. The summed E-state index contributed by atoms with van der Waals surface area (Å²) in [5, 5.41) is 21.6. The van der Waals surface area contributed by atoms with Gasteiger partial charge in [0.25, 0.3) is 0 Å².